The van der Waals surface area contributed by atoms with Crippen LogP contribution in [-0.4, -0.2) is 110 Å². The molecule has 3 aromatic rings. The number of halogens is 2. The summed E-state index contributed by atoms with van der Waals surface area (Å²) in [6.45, 7) is 18.8. The molecule has 1 N–H and O–H groups in total. The number of anilines is 1. The first-order valence-corrected chi connectivity index (χ1v) is 19.2. The van der Waals surface area contributed by atoms with Crippen molar-refractivity contribution >= 4 is 39.6 Å². The van der Waals surface area contributed by atoms with Gasteiger partial charge in [-0.1, -0.05) is 0 Å². The fourth-order valence-electron chi connectivity index (χ4n) is 7.39. The number of carbonyl (C=O) groups excluding carboxylic acids is 1. The van der Waals surface area contributed by atoms with E-state index in [4.69, 9.17) is 27.8 Å². The van der Waals surface area contributed by atoms with Crippen molar-refractivity contribution in [2.45, 2.75) is 82.5 Å². The number of nitrogens with zero attached hydrogens (tertiary/aromatic N) is 7. The normalized spacial score (nSPS) is 22.0. The van der Waals surface area contributed by atoms with Gasteiger partial charge in [0.1, 0.15) is 17.9 Å². The molecule has 50 heavy (non-hydrogen) atoms. The van der Waals surface area contributed by atoms with Crippen LogP contribution in [-0.2, 0) is 21.3 Å². The van der Waals surface area contributed by atoms with Crippen molar-refractivity contribution in [3.8, 4) is 11.5 Å². The van der Waals surface area contributed by atoms with Gasteiger partial charge in [-0.15, -0.1) is 0 Å². The molecule has 16 heteroatoms. The summed E-state index contributed by atoms with van der Waals surface area (Å²) in [6, 6.07) is 3.75. The van der Waals surface area contributed by atoms with Gasteiger partial charge in [-0.05, 0) is 45.9 Å². The molecule has 3 fully saturated rings. The summed E-state index contributed by atoms with van der Waals surface area (Å²) in [4.78, 5) is 29.0. The van der Waals surface area contributed by atoms with Gasteiger partial charge in [-0.3, -0.25) is 4.79 Å². The van der Waals surface area contributed by atoms with E-state index < -0.39 is 15.4 Å². The van der Waals surface area contributed by atoms with Crippen molar-refractivity contribution in [3.05, 3.63) is 53.5 Å². The zero-order valence-electron chi connectivity index (χ0n) is 29.3. The van der Waals surface area contributed by atoms with Crippen LogP contribution in [0.4, 0.5) is 10.2 Å². The zero-order valence-corrected chi connectivity index (χ0v) is 30.9. The second-order valence-corrected chi connectivity index (χ2v) is 16.6. The summed E-state index contributed by atoms with van der Waals surface area (Å²) in [5.74, 6) is 0.558. The topological polar surface area (TPSA) is 118 Å². The van der Waals surface area contributed by atoms with Crippen LogP contribution in [0.25, 0.3) is 0 Å². The van der Waals surface area contributed by atoms with Crippen molar-refractivity contribution in [1.29, 1.82) is 0 Å². The summed E-state index contributed by atoms with van der Waals surface area (Å²) < 4.78 is 44.5. The Morgan fingerprint density at radius 3 is 2.52 bits per heavy atom. The summed E-state index contributed by atoms with van der Waals surface area (Å²) in [6.07, 6.45) is 8.39. The van der Waals surface area contributed by atoms with E-state index in [1.54, 1.807) is 18.1 Å². The molecule has 1 unspecified atom stereocenters. The molecule has 0 bridgehead atoms. The molecule has 2 aromatic heterocycles. The Morgan fingerprint density at radius 1 is 1.18 bits per heavy atom. The van der Waals surface area contributed by atoms with Gasteiger partial charge in [0.2, 0.25) is 0 Å². The Balaban J connectivity index is 1.01. The van der Waals surface area contributed by atoms with Gasteiger partial charge >= 0.3 is 162 Å². The second kappa shape index (κ2) is 14.9. The van der Waals surface area contributed by atoms with Gasteiger partial charge < -0.3 is 14.5 Å². The Morgan fingerprint density at radius 2 is 1.90 bits per heavy atom. The molecule has 3 atom stereocenters. The van der Waals surface area contributed by atoms with E-state index in [2.05, 4.69) is 29.6 Å². The van der Waals surface area contributed by atoms with E-state index in [1.165, 1.54) is 35.4 Å². The van der Waals surface area contributed by atoms with Crippen molar-refractivity contribution in [1.82, 2.24) is 34.3 Å². The maximum absolute atomic E-state index is 14.4. The number of nitrogens with one attached hydrogen (secondary N) is 1. The third kappa shape index (κ3) is 7.86. The number of carbonyl (C=O) groups is 1. The molecule has 1 amide bonds. The summed E-state index contributed by atoms with van der Waals surface area (Å²) in [7, 11) is -1.36. The van der Waals surface area contributed by atoms with E-state index in [1.807, 2.05) is 27.7 Å². The van der Waals surface area contributed by atoms with Crippen LogP contribution in [0.5, 0.6) is 11.5 Å². The van der Waals surface area contributed by atoms with Crippen LogP contribution in [0, 0.1) is 11.2 Å². The molecule has 269 valence electrons. The second-order valence-electron chi connectivity index (χ2n) is 14.4. The molecular formula is C34H46BClFN8O4S. The molecular weight excluding hydrogens is 682 g/mol. The Kier molecular flexibility index (Phi) is 10.9. The van der Waals surface area contributed by atoms with Crippen LogP contribution < -0.4 is 14.4 Å². The summed E-state index contributed by atoms with van der Waals surface area (Å²) >= 11 is 6.23. The average molecular weight is 728 g/mol. The molecule has 5 heterocycles. The van der Waals surface area contributed by atoms with Gasteiger partial charge in [0.25, 0.3) is 5.91 Å². The van der Waals surface area contributed by atoms with Gasteiger partial charge in [0.15, 0.2) is 11.6 Å². The number of likely N-dealkylation sites (tertiary alicyclic amines) is 1. The first-order valence-electron chi connectivity index (χ1n) is 17.2. The number of hydrogen-bond acceptors (Lipinski definition) is 9. The van der Waals surface area contributed by atoms with E-state index in [-0.39, 0.29) is 52.0 Å². The van der Waals surface area contributed by atoms with Crippen LogP contribution >= 0.6 is 11.6 Å². The van der Waals surface area contributed by atoms with Crippen LogP contribution in [0.1, 0.15) is 63.7 Å². The van der Waals surface area contributed by atoms with E-state index in [9.17, 15) is 13.4 Å². The Bertz CT molecular complexity index is 1780. The van der Waals surface area contributed by atoms with Crippen LogP contribution in [0.3, 0.4) is 0 Å². The molecule has 3 aliphatic rings. The number of ether oxygens (including phenoxy) is 2. The first kappa shape index (κ1) is 36.7. The Hall–Kier alpha value is -3.11. The SMILES string of the molecule is [B]=S(=O)(N[C@@H]1CC[C@@H](CN2CCC3(CC2)CN(c2ncncc2Oc2ccc(F)cc2C(=O)N(C(C)C)C(C)C)C3)OC1)c1cnn(C)c1Cl. The van der Waals surface area contributed by atoms with Gasteiger partial charge in [-0.2, -0.15) is 0 Å². The number of rotatable bonds is 11. The number of aryl methyl sites for hydroxylation is 1. The van der Waals surface area contributed by atoms with Crippen LogP contribution in [0.2, 0.25) is 5.15 Å². The van der Waals surface area contributed by atoms with Crippen molar-refractivity contribution in [3.63, 3.8) is 0 Å². The number of piperidine rings is 1. The van der Waals surface area contributed by atoms with E-state index >= 15 is 0 Å². The van der Waals surface area contributed by atoms with Crippen molar-refractivity contribution in [2.75, 3.05) is 44.2 Å². The van der Waals surface area contributed by atoms with Crippen LogP contribution in [0.15, 0.2) is 41.8 Å². The van der Waals surface area contributed by atoms with Gasteiger partial charge in [-0.25, -0.2) is 14.4 Å². The predicted octanol–water partition coefficient (Wildman–Crippen LogP) is 4.44. The number of hydrogen-bond donors (Lipinski definition) is 1. The van der Waals surface area contributed by atoms with E-state index in [0.717, 1.165) is 58.4 Å². The third-order valence-electron chi connectivity index (χ3n) is 10.0. The Labute approximate surface area is 300 Å². The maximum atomic E-state index is 14.4. The molecule has 1 radical (unpaired) electrons. The van der Waals surface area contributed by atoms with E-state index in [0.29, 0.717) is 23.1 Å². The molecule has 3 saturated heterocycles. The predicted molar refractivity (Wildman–Crippen MR) is 192 cm³/mol. The van der Waals surface area contributed by atoms with Crippen molar-refractivity contribution < 1.29 is 22.9 Å². The monoisotopic (exact) mass is 727 g/mol. The molecule has 6 rings (SSSR count). The minimum absolute atomic E-state index is 0.0700. The fraction of sp³-hybridized carbons (Fsp3) is 0.588. The molecule has 3 aliphatic heterocycles. The quantitative estimate of drug-likeness (QED) is 0.286. The molecule has 1 spiro atoms. The number of benzene rings is 1. The van der Waals surface area contributed by atoms with Gasteiger partial charge in [0, 0.05) is 12.1 Å². The minimum atomic E-state index is -3.04. The fourth-order valence-corrected chi connectivity index (χ4v) is 9.22. The third-order valence-corrected chi connectivity index (χ3v) is 12.2. The molecule has 12 nitrogen and oxygen atoms in total. The summed E-state index contributed by atoms with van der Waals surface area (Å²) in [5, 5.41) is 4.31. The molecule has 1 aromatic carbocycles. The zero-order chi connectivity index (χ0) is 35.8. The first-order chi connectivity index (χ1) is 23.7. The van der Waals surface area contributed by atoms with Gasteiger partial charge in [0.05, 0.1) is 11.8 Å². The molecule has 0 aliphatic carbocycles. The number of amides is 1. The summed E-state index contributed by atoms with van der Waals surface area (Å²) in [5.41, 5.74) is 0.347. The number of aromatic nitrogens is 4. The van der Waals surface area contributed by atoms with Crippen molar-refractivity contribution in [2.24, 2.45) is 12.5 Å². The standard InChI is InChI=1S/C34H46BClFN8O4S/c1-22(2)45(23(3)4)33(46)27-14-24(37)6-9-28(27)49-29-15-38-21-39-32(29)44-19-34(20-44)10-12-43(13-11-34)17-26-8-7-25(18-48-26)41-50(35,47)30-16-40-42(5)31(30)36/h6,9,14-16,21-23,25-26H,7-8,10-13,17-20H2,1-5H3,(H,41,47)/t25-,26+,50?/m1/s1. The average Bonchev–Trinajstić information content (AvgIpc) is 3.40. The molecule has 0 saturated carbocycles.